The lowest BCUT2D eigenvalue weighted by Crippen LogP contribution is -2.30. The van der Waals surface area contributed by atoms with Gasteiger partial charge in [-0.25, -0.2) is 0 Å². The number of benzene rings is 4. The van der Waals surface area contributed by atoms with Gasteiger partial charge in [-0.05, 0) is 78.7 Å². The third-order valence-electron chi connectivity index (χ3n) is 6.18. The van der Waals surface area contributed by atoms with Crippen LogP contribution in [0.15, 0.2) is 108 Å². The summed E-state index contributed by atoms with van der Waals surface area (Å²) in [4.78, 5) is 40.2. The number of nitrogens with one attached hydrogen (secondary N) is 3. The summed E-state index contributed by atoms with van der Waals surface area (Å²) in [6, 6.07) is 27.8. The molecule has 4 aromatic carbocycles. The Hall–Kier alpha value is -4.24. The van der Waals surface area contributed by atoms with Gasteiger partial charge in [-0.15, -0.1) is 11.8 Å². The van der Waals surface area contributed by atoms with Crippen LogP contribution in [0.2, 0.25) is 10.0 Å². The molecule has 0 heterocycles. The molecule has 220 valence electrons. The number of thioether (sulfide) groups is 1. The van der Waals surface area contributed by atoms with E-state index >= 15 is 0 Å². The third-order valence-corrected chi connectivity index (χ3v) is 8.27. The molecule has 0 aliphatic carbocycles. The highest BCUT2D eigenvalue weighted by Gasteiger charge is 2.20. The van der Waals surface area contributed by atoms with Gasteiger partial charge >= 0.3 is 0 Å². The summed E-state index contributed by atoms with van der Waals surface area (Å²) in [6.07, 6.45) is 2.16. The van der Waals surface area contributed by atoms with E-state index in [0.29, 0.717) is 44.7 Å². The number of methoxy groups -OCH3 is 1. The fraction of sp³-hybridized carbons (Fsp3) is 0.121. The lowest BCUT2D eigenvalue weighted by atomic mass is 10.1. The number of hydrogen-bond acceptors (Lipinski definition) is 5. The predicted octanol–water partition coefficient (Wildman–Crippen LogP) is 7.92. The highest BCUT2D eigenvalue weighted by atomic mass is 35.5. The Kier molecular flexibility index (Phi) is 11.3. The van der Waals surface area contributed by atoms with Crippen LogP contribution in [0.1, 0.15) is 29.3 Å². The van der Waals surface area contributed by atoms with Gasteiger partial charge in [0.05, 0.1) is 22.4 Å². The van der Waals surface area contributed by atoms with Crippen LogP contribution >= 0.6 is 35.0 Å². The zero-order valence-corrected chi connectivity index (χ0v) is 25.7. The minimum absolute atomic E-state index is 0.0597. The second kappa shape index (κ2) is 15.3. The second-order valence-electron chi connectivity index (χ2n) is 9.27. The van der Waals surface area contributed by atoms with Crippen molar-refractivity contribution in [3.63, 3.8) is 0 Å². The minimum atomic E-state index is -0.508. The van der Waals surface area contributed by atoms with Crippen LogP contribution in [0.5, 0.6) is 5.75 Å². The van der Waals surface area contributed by atoms with Crippen LogP contribution < -0.4 is 20.7 Å². The van der Waals surface area contributed by atoms with Gasteiger partial charge in [0.1, 0.15) is 11.4 Å². The Morgan fingerprint density at radius 2 is 1.56 bits per heavy atom. The molecule has 3 amide bonds. The minimum Gasteiger partial charge on any atom is -0.497 e. The first-order valence-electron chi connectivity index (χ1n) is 13.3. The van der Waals surface area contributed by atoms with Crippen LogP contribution in [-0.2, 0) is 9.59 Å². The van der Waals surface area contributed by atoms with Gasteiger partial charge in [-0.1, -0.05) is 66.5 Å². The van der Waals surface area contributed by atoms with Crippen LogP contribution in [0.25, 0.3) is 6.08 Å². The molecular formula is C33H29Cl2N3O4S. The van der Waals surface area contributed by atoms with E-state index in [4.69, 9.17) is 27.9 Å². The molecule has 7 nitrogen and oxygen atoms in total. The number of carbonyl (C=O) groups excluding carboxylic acids is 3. The van der Waals surface area contributed by atoms with E-state index in [1.807, 2.05) is 19.1 Å². The highest BCUT2D eigenvalue weighted by Crippen LogP contribution is 2.30. The first-order valence-corrected chi connectivity index (χ1v) is 15.0. The molecule has 4 aromatic rings. The summed E-state index contributed by atoms with van der Waals surface area (Å²) < 4.78 is 5.22. The average Bonchev–Trinajstić information content (AvgIpc) is 3.02. The molecule has 0 fully saturated rings. The summed E-state index contributed by atoms with van der Waals surface area (Å²) in [6.45, 7) is 1.92. The van der Waals surface area contributed by atoms with E-state index in [1.54, 1.807) is 98.1 Å². The summed E-state index contributed by atoms with van der Waals surface area (Å²) >= 11 is 13.4. The van der Waals surface area contributed by atoms with Crippen LogP contribution in [0.4, 0.5) is 11.4 Å². The van der Waals surface area contributed by atoms with E-state index < -0.39 is 17.1 Å². The Bertz CT molecular complexity index is 1630. The number of anilines is 2. The van der Waals surface area contributed by atoms with E-state index in [0.717, 1.165) is 4.90 Å². The standard InChI is InChI=1S/C33H29Cl2N3O4S/c1-3-30(33(41)37-24-14-17-27(34)28(35)20-24)43-26-11-7-10-23(19-26)36-32(40)29(18-21-12-15-25(42-2)16-13-21)38-31(39)22-8-5-4-6-9-22/h4-20,30H,3H2,1-2H3,(H,36,40)(H,37,41)(H,38,39)/b29-18+. The van der Waals surface area contributed by atoms with Gasteiger partial charge in [0, 0.05) is 21.8 Å². The highest BCUT2D eigenvalue weighted by molar-refractivity contribution is 8.00. The molecule has 0 aliphatic heterocycles. The van der Waals surface area contributed by atoms with Gasteiger partial charge in [-0.3, -0.25) is 14.4 Å². The Morgan fingerprint density at radius 3 is 2.23 bits per heavy atom. The zero-order chi connectivity index (χ0) is 30.8. The first-order chi connectivity index (χ1) is 20.7. The van der Waals surface area contributed by atoms with Crippen LogP contribution in [0, 0.1) is 0 Å². The SMILES string of the molecule is CCC(Sc1cccc(NC(=O)/C(=C\c2ccc(OC)cc2)NC(=O)c2ccccc2)c1)C(=O)Nc1ccc(Cl)c(Cl)c1. The molecule has 0 saturated carbocycles. The molecule has 10 heteroatoms. The lowest BCUT2D eigenvalue weighted by Gasteiger charge is -2.16. The number of amides is 3. The maximum absolute atomic E-state index is 13.4. The Labute approximate surface area is 264 Å². The molecule has 43 heavy (non-hydrogen) atoms. The summed E-state index contributed by atoms with van der Waals surface area (Å²) in [5.74, 6) is -0.444. The maximum atomic E-state index is 13.4. The molecule has 0 radical (unpaired) electrons. The van der Waals surface area contributed by atoms with Crippen molar-refractivity contribution in [1.29, 1.82) is 0 Å². The van der Waals surface area contributed by atoms with Gasteiger partial charge in [0.15, 0.2) is 0 Å². The van der Waals surface area contributed by atoms with Gasteiger partial charge in [-0.2, -0.15) is 0 Å². The maximum Gasteiger partial charge on any atom is 0.272 e. The average molecular weight is 635 g/mol. The number of rotatable bonds is 11. The van der Waals surface area contributed by atoms with Gasteiger partial charge in [0.2, 0.25) is 5.91 Å². The largest absolute Gasteiger partial charge is 0.497 e. The van der Waals surface area contributed by atoms with Crippen molar-refractivity contribution in [2.75, 3.05) is 17.7 Å². The van der Waals surface area contributed by atoms with Crippen molar-refractivity contribution in [1.82, 2.24) is 5.32 Å². The molecular weight excluding hydrogens is 605 g/mol. The molecule has 4 rings (SSSR count). The number of ether oxygens (including phenoxy) is 1. The zero-order valence-electron chi connectivity index (χ0n) is 23.4. The van der Waals surface area contributed by atoms with Crippen molar-refractivity contribution in [2.24, 2.45) is 0 Å². The second-order valence-corrected chi connectivity index (χ2v) is 11.4. The van der Waals surface area contributed by atoms with E-state index in [-0.39, 0.29) is 11.6 Å². The summed E-state index contributed by atoms with van der Waals surface area (Å²) in [5.41, 5.74) is 2.23. The van der Waals surface area contributed by atoms with Crippen molar-refractivity contribution in [2.45, 2.75) is 23.5 Å². The van der Waals surface area contributed by atoms with Gasteiger partial charge in [0.25, 0.3) is 11.8 Å². The van der Waals surface area contributed by atoms with Crippen molar-refractivity contribution < 1.29 is 19.1 Å². The quantitative estimate of drug-likeness (QED) is 0.115. The molecule has 0 saturated heterocycles. The Balaban J connectivity index is 1.50. The molecule has 0 bridgehead atoms. The van der Waals surface area contributed by atoms with Gasteiger partial charge < -0.3 is 20.7 Å². The lowest BCUT2D eigenvalue weighted by molar-refractivity contribution is -0.116. The van der Waals surface area contributed by atoms with E-state index in [1.165, 1.54) is 11.8 Å². The monoisotopic (exact) mass is 633 g/mol. The normalized spacial score (nSPS) is 11.8. The molecule has 0 spiro atoms. The number of halogens is 2. The molecule has 0 aromatic heterocycles. The third kappa shape index (κ3) is 9.12. The molecule has 1 unspecified atom stereocenters. The van der Waals surface area contributed by atoms with Crippen molar-refractivity contribution in [3.05, 3.63) is 124 Å². The van der Waals surface area contributed by atoms with E-state index in [9.17, 15) is 14.4 Å². The summed E-state index contributed by atoms with van der Waals surface area (Å²) in [7, 11) is 1.57. The number of carbonyl (C=O) groups is 3. The predicted molar refractivity (Wildman–Crippen MR) is 175 cm³/mol. The number of hydrogen-bond donors (Lipinski definition) is 3. The fourth-order valence-electron chi connectivity index (χ4n) is 3.94. The van der Waals surface area contributed by atoms with Crippen molar-refractivity contribution in [3.8, 4) is 5.75 Å². The van der Waals surface area contributed by atoms with Crippen molar-refractivity contribution >= 4 is 70.1 Å². The topological polar surface area (TPSA) is 96.5 Å². The Morgan fingerprint density at radius 1 is 0.837 bits per heavy atom. The van der Waals surface area contributed by atoms with Crippen LogP contribution in [-0.4, -0.2) is 30.1 Å². The molecule has 0 aliphatic rings. The first kappa shape index (κ1) is 31.7. The molecule has 1 atom stereocenters. The van der Waals surface area contributed by atoms with Crippen LogP contribution in [0.3, 0.4) is 0 Å². The smallest absolute Gasteiger partial charge is 0.272 e. The van der Waals surface area contributed by atoms with E-state index in [2.05, 4.69) is 16.0 Å². The molecule has 3 N–H and O–H groups in total. The summed E-state index contributed by atoms with van der Waals surface area (Å²) in [5, 5.41) is 8.83. The fourth-order valence-corrected chi connectivity index (χ4v) is 5.25.